The number of hydrogen-bond acceptors (Lipinski definition) is 6. The fourth-order valence-corrected chi connectivity index (χ4v) is 4.60. The maximum absolute atomic E-state index is 13.1. The van der Waals surface area contributed by atoms with Crippen LogP contribution >= 0.6 is 0 Å². The van der Waals surface area contributed by atoms with Gasteiger partial charge in [0.2, 0.25) is 11.9 Å². The number of likely N-dealkylation sites (N-methyl/N-ethyl adjacent to an activating group) is 1. The van der Waals surface area contributed by atoms with E-state index in [1.54, 1.807) is 6.20 Å². The van der Waals surface area contributed by atoms with Gasteiger partial charge in [0.15, 0.2) is 0 Å². The summed E-state index contributed by atoms with van der Waals surface area (Å²) >= 11 is 0. The number of amides is 2. The molecule has 0 aliphatic carbocycles. The second-order valence-electron chi connectivity index (χ2n) is 8.43. The van der Waals surface area contributed by atoms with E-state index in [0.29, 0.717) is 56.0 Å². The topological polar surface area (TPSA) is 78.9 Å². The highest BCUT2D eigenvalue weighted by molar-refractivity contribution is 5.95. The third kappa shape index (κ3) is 4.33. The molecule has 0 unspecified atom stereocenters. The van der Waals surface area contributed by atoms with Crippen molar-refractivity contribution in [1.82, 2.24) is 19.8 Å². The number of hydrogen-bond donors (Lipinski definition) is 0. The zero-order chi connectivity index (χ0) is 21.1. The van der Waals surface area contributed by atoms with Crippen molar-refractivity contribution in [3.63, 3.8) is 0 Å². The quantitative estimate of drug-likeness (QED) is 0.699. The van der Waals surface area contributed by atoms with Crippen LogP contribution in [0.1, 0.15) is 35.3 Å². The van der Waals surface area contributed by atoms with Gasteiger partial charge in [0, 0.05) is 51.9 Å². The van der Waals surface area contributed by atoms with Crippen LogP contribution < -0.4 is 4.90 Å². The number of piperidine rings is 1. The number of allylic oxidation sites excluding steroid dienone is 1. The van der Waals surface area contributed by atoms with Gasteiger partial charge in [0.25, 0.3) is 5.91 Å². The first-order valence-electron chi connectivity index (χ1n) is 10.9. The number of likely N-dealkylation sites (tertiary alicyclic amines) is 1. The summed E-state index contributed by atoms with van der Waals surface area (Å²) in [5, 5.41) is 0. The van der Waals surface area contributed by atoms with E-state index in [1.165, 1.54) is 0 Å². The van der Waals surface area contributed by atoms with E-state index in [9.17, 15) is 9.59 Å². The first-order chi connectivity index (χ1) is 14.5. The van der Waals surface area contributed by atoms with E-state index >= 15 is 0 Å². The maximum atomic E-state index is 13.1. The van der Waals surface area contributed by atoms with Crippen LogP contribution in [0, 0.1) is 18.8 Å². The summed E-state index contributed by atoms with van der Waals surface area (Å²) in [7, 11) is 1.87. The molecule has 0 bridgehead atoms. The smallest absolute Gasteiger partial charge is 0.257 e. The lowest BCUT2D eigenvalue weighted by Gasteiger charge is -2.36. The molecule has 4 heterocycles. The number of carbonyl (C=O) groups excluding carboxylic acids is 2. The SMILES string of the molecule is Cc1nc(N2CCOCC2)ncc1C(=O)N1CCC([C@H]2CC=CCN(C)C2=O)CC1. The fourth-order valence-electron chi connectivity index (χ4n) is 4.60. The molecule has 4 rings (SSSR count). The molecule has 1 atom stereocenters. The highest BCUT2D eigenvalue weighted by atomic mass is 16.5. The molecule has 8 heteroatoms. The van der Waals surface area contributed by atoms with Crippen LogP contribution in [0.4, 0.5) is 5.95 Å². The van der Waals surface area contributed by atoms with Crippen LogP contribution in [0.25, 0.3) is 0 Å². The van der Waals surface area contributed by atoms with E-state index in [2.05, 4.69) is 27.0 Å². The van der Waals surface area contributed by atoms with E-state index in [0.717, 1.165) is 32.4 Å². The molecule has 0 radical (unpaired) electrons. The standard InChI is InChI=1S/C22H31N5O3/c1-16-19(15-23-22(24-16)27-11-13-30-14-12-27)21(29)26-9-6-17(7-10-26)18-5-3-4-8-25(2)20(18)28/h3-4,15,17-18H,5-14H2,1-2H3/t18-/m1/s1. The highest BCUT2D eigenvalue weighted by Crippen LogP contribution is 2.31. The number of rotatable bonds is 3. The van der Waals surface area contributed by atoms with Gasteiger partial charge in [-0.15, -0.1) is 0 Å². The summed E-state index contributed by atoms with van der Waals surface area (Å²) in [6.07, 6.45) is 8.37. The van der Waals surface area contributed by atoms with Gasteiger partial charge in [-0.3, -0.25) is 9.59 Å². The molecule has 3 aliphatic heterocycles. The van der Waals surface area contributed by atoms with Gasteiger partial charge in [0.1, 0.15) is 0 Å². The minimum absolute atomic E-state index is 0.0105. The maximum Gasteiger partial charge on any atom is 0.257 e. The Morgan fingerprint density at radius 1 is 1.13 bits per heavy atom. The summed E-state index contributed by atoms with van der Waals surface area (Å²) in [6, 6.07) is 0. The lowest BCUT2D eigenvalue weighted by molar-refractivity contribution is -0.135. The molecule has 0 aromatic carbocycles. The Bertz CT molecular complexity index is 813. The zero-order valence-electron chi connectivity index (χ0n) is 17.9. The molecule has 0 spiro atoms. The van der Waals surface area contributed by atoms with Crippen molar-refractivity contribution in [2.45, 2.75) is 26.2 Å². The number of anilines is 1. The number of nitrogens with zero attached hydrogens (tertiary/aromatic N) is 5. The van der Waals surface area contributed by atoms with Crippen molar-refractivity contribution < 1.29 is 14.3 Å². The normalized spacial score (nSPS) is 23.6. The minimum atomic E-state index is -0.0105. The molecule has 162 valence electrons. The number of aromatic nitrogens is 2. The van der Waals surface area contributed by atoms with Gasteiger partial charge in [-0.2, -0.15) is 0 Å². The molecule has 1 aromatic heterocycles. The molecule has 2 saturated heterocycles. The number of aryl methyl sites for hydroxylation is 1. The van der Waals surface area contributed by atoms with Crippen molar-refractivity contribution >= 4 is 17.8 Å². The Hall–Kier alpha value is -2.48. The Kier molecular flexibility index (Phi) is 6.32. The summed E-state index contributed by atoms with van der Waals surface area (Å²) in [4.78, 5) is 40.6. The van der Waals surface area contributed by atoms with Crippen LogP contribution in [-0.2, 0) is 9.53 Å². The highest BCUT2D eigenvalue weighted by Gasteiger charge is 2.34. The molecule has 1 aromatic rings. The van der Waals surface area contributed by atoms with E-state index in [-0.39, 0.29) is 17.7 Å². The molecule has 8 nitrogen and oxygen atoms in total. The lowest BCUT2D eigenvalue weighted by Crippen LogP contribution is -2.43. The Balaban J connectivity index is 1.38. The molecular formula is C22H31N5O3. The van der Waals surface area contributed by atoms with Gasteiger partial charge in [-0.25, -0.2) is 9.97 Å². The average molecular weight is 414 g/mol. The van der Waals surface area contributed by atoms with Crippen molar-refractivity contribution in [1.29, 1.82) is 0 Å². The Morgan fingerprint density at radius 2 is 1.87 bits per heavy atom. The summed E-state index contributed by atoms with van der Waals surface area (Å²) in [5.74, 6) is 1.24. The second kappa shape index (κ2) is 9.12. The van der Waals surface area contributed by atoms with Crippen LogP contribution in [-0.4, -0.2) is 84.6 Å². The predicted octanol–water partition coefficient (Wildman–Crippen LogP) is 1.51. The molecule has 30 heavy (non-hydrogen) atoms. The monoisotopic (exact) mass is 413 g/mol. The van der Waals surface area contributed by atoms with Gasteiger partial charge in [-0.1, -0.05) is 12.2 Å². The Morgan fingerprint density at radius 3 is 2.57 bits per heavy atom. The summed E-state index contributed by atoms with van der Waals surface area (Å²) in [6.45, 7) is 6.79. The van der Waals surface area contributed by atoms with Crippen LogP contribution in [0.5, 0.6) is 0 Å². The molecule has 2 amide bonds. The molecule has 2 fully saturated rings. The predicted molar refractivity (Wildman–Crippen MR) is 113 cm³/mol. The Labute approximate surface area is 177 Å². The van der Waals surface area contributed by atoms with Gasteiger partial charge >= 0.3 is 0 Å². The largest absolute Gasteiger partial charge is 0.378 e. The first-order valence-corrected chi connectivity index (χ1v) is 10.9. The number of morpholine rings is 1. The fraction of sp³-hybridized carbons (Fsp3) is 0.636. The van der Waals surface area contributed by atoms with E-state index in [4.69, 9.17) is 4.74 Å². The molecule has 3 aliphatic rings. The van der Waals surface area contributed by atoms with Crippen molar-refractivity contribution in [2.75, 3.05) is 57.9 Å². The third-order valence-electron chi connectivity index (χ3n) is 6.52. The van der Waals surface area contributed by atoms with Gasteiger partial charge < -0.3 is 19.4 Å². The summed E-state index contributed by atoms with van der Waals surface area (Å²) < 4.78 is 5.38. The van der Waals surface area contributed by atoms with Crippen LogP contribution in [0.2, 0.25) is 0 Å². The van der Waals surface area contributed by atoms with Crippen LogP contribution in [0.15, 0.2) is 18.3 Å². The zero-order valence-corrected chi connectivity index (χ0v) is 17.9. The van der Waals surface area contributed by atoms with E-state index < -0.39 is 0 Å². The van der Waals surface area contributed by atoms with E-state index in [1.807, 2.05) is 23.8 Å². The third-order valence-corrected chi connectivity index (χ3v) is 6.52. The van der Waals surface area contributed by atoms with Crippen molar-refractivity contribution in [3.05, 3.63) is 29.6 Å². The number of ether oxygens (including phenoxy) is 1. The van der Waals surface area contributed by atoms with Crippen molar-refractivity contribution in [3.8, 4) is 0 Å². The average Bonchev–Trinajstić information content (AvgIpc) is 2.95. The van der Waals surface area contributed by atoms with Crippen molar-refractivity contribution in [2.24, 2.45) is 11.8 Å². The second-order valence-corrected chi connectivity index (χ2v) is 8.43. The number of carbonyl (C=O) groups is 2. The molecular weight excluding hydrogens is 382 g/mol. The molecule has 0 saturated carbocycles. The van der Waals surface area contributed by atoms with Gasteiger partial charge in [-0.05, 0) is 32.1 Å². The van der Waals surface area contributed by atoms with Gasteiger partial charge in [0.05, 0.1) is 24.5 Å². The molecule has 0 N–H and O–H groups in total. The minimum Gasteiger partial charge on any atom is -0.378 e. The summed E-state index contributed by atoms with van der Waals surface area (Å²) in [5.41, 5.74) is 1.28. The lowest BCUT2D eigenvalue weighted by atomic mass is 9.81. The first kappa shape index (κ1) is 20.8. The van der Waals surface area contributed by atoms with Crippen LogP contribution in [0.3, 0.4) is 0 Å².